The van der Waals surface area contributed by atoms with Gasteiger partial charge in [-0.2, -0.15) is 13.2 Å². The van der Waals surface area contributed by atoms with Crippen molar-refractivity contribution in [3.8, 4) is 0 Å². The Morgan fingerprint density at radius 1 is 1.06 bits per heavy atom. The molecule has 0 N–H and O–H groups in total. The van der Waals surface area contributed by atoms with Gasteiger partial charge < -0.3 is 9.80 Å². The predicted octanol–water partition coefficient (Wildman–Crippen LogP) is 5.09. The van der Waals surface area contributed by atoms with Crippen LogP contribution in [0.25, 0.3) is 0 Å². The number of nitrogens with zero attached hydrogens (tertiary/aromatic N) is 3. The Labute approximate surface area is 184 Å². The van der Waals surface area contributed by atoms with Crippen molar-refractivity contribution >= 4 is 17.4 Å². The number of nitro benzene ring substituents is 1. The second-order valence-electron chi connectivity index (χ2n) is 7.79. The average Bonchev–Trinajstić information content (AvgIpc) is 2.73. The molecule has 0 aliphatic carbocycles. The quantitative estimate of drug-likeness (QED) is 0.317. The summed E-state index contributed by atoms with van der Waals surface area (Å²) in [6, 6.07) is 10.3. The molecule has 0 radical (unpaired) electrons. The van der Waals surface area contributed by atoms with Crippen molar-refractivity contribution in [3.63, 3.8) is 0 Å². The molecule has 0 unspecified atom stereocenters. The van der Waals surface area contributed by atoms with Crippen LogP contribution in [-0.2, 0) is 18.3 Å². The number of rotatable bonds is 8. The van der Waals surface area contributed by atoms with Crippen molar-refractivity contribution < 1.29 is 18.1 Å². The molecule has 2 aromatic carbocycles. The fourth-order valence-electron chi connectivity index (χ4n) is 3.56. The van der Waals surface area contributed by atoms with Crippen molar-refractivity contribution in [1.82, 2.24) is 9.80 Å². The molecule has 0 aromatic heterocycles. The topological polar surface area (TPSA) is 49.6 Å². The molecule has 1 fully saturated rings. The summed E-state index contributed by atoms with van der Waals surface area (Å²) in [5.74, 6) is 0.230. The third-order valence-corrected chi connectivity index (χ3v) is 6.54. The highest BCUT2D eigenvalue weighted by molar-refractivity contribution is 7.98. The van der Waals surface area contributed by atoms with E-state index in [1.165, 1.54) is 17.8 Å². The van der Waals surface area contributed by atoms with Crippen LogP contribution in [0.5, 0.6) is 0 Å². The highest BCUT2D eigenvalue weighted by Crippen LogP contribution is 2.34. The summed E-state index contributed by atoms with van der Waals surface area (Å²) in [5, 5.41) is 11.6. The van der Waals surface area contributed by atoms with Gasteiger partial charge in [-0.15, -0.1) is 11.8 Å². The van der Waals surface area contributed by atoms with E-state index in [2.05, 4.69) is 16.8 Å². The van der Waals surface area contributed by atoms with Crippen LogP contribution < -0.4 is 0 Å². The second-order valence-corrected chi connectivity index (χ2v) is 8.81. The van der Waals surface area contributed by atoms with Crippen LogP contribution in [0, 0.1) is 10.1 Å². The maximum Gasteiger partial charge on any atom is 0.416 e. The highest BCUT2D eigenvalue weighted by atomic mass is 32.2. The van der Waals surface area contributed by atoms with Gasteiger partial charge in [-0.3, -0.25) is 10.1 Å². The number of piperazine rings is 1. The van der Waals surface area contributed by atoms with Crippen molar-refractivity contribution in [2.75, 3.05) is 39.8 Å². The van der Waals surface area contributed by atoms with Gasteiger partial charge in [0, 0.05) is 38.0 Å². The van der Waals surface area contributed by atoms with E-state index in [0.717, 1.165) is 63.3 Å². The van der Waals surface area contributed by atoms with E-state index in [-0.39, 0.29) is 11.4 Å². The van der Waals surface area contributed by atoms with Gasteiger partial charge in [-0.05, 0) is 49.7 Å². The van der Waals surface area contributed by atoms with E-state index in [1.54, 1.807) is 18.2 Å². The normalized spacial score (nSPS) is 15.9. The van der Waals surface area contributed by atoms with Gasteiger partial charge in [-0.25, -0.2) is 0 Å². The largest absolute Gasteiger partial charge is 0.416 e. The van der Waals surface area contributed by atoms with E-state index < -0.39 is 16.7 Å². The standard InChI is InChI=1S/C22H26F3N3O2S/c1-26-10-12-27(13-11-26)9-3-5-17-7-8-21(20(15-17)28(29)30)31-16-18-4-2-6-19(14-18)22(23,24)25/h2,4,6-8,14-15H,3,5,9-13,16H2,1H3. The number of halogens is 3. The minimum Gasteiger partial charge on any atom is -0.304 e. The minimum atomic E-state index is -4.40. The lowest BCUT2D eigenvalue weighted by Crippen LogP contribution is -2.44. The number of alkyl halides is 3. The van der Waals surface area contributed by atoms with Gasteiger partial charge in [0.2, 0.25) is 0 Å². The fraction of sp³-hybridized carbons (Fsp3) is 0.455. The summed E-state index contributed by atoms with van der Waals surface area (Å²) >= 11 is 1.18. The number of aryl methyl sites for hydroxylation is 1. The summed E-state index contributed by atoms with van der Waals surface area (Å²) in [4.78, 5) is 16.3. The summed E-state index contributed by atoms with van der Waals surface area (Å²) in [6.45, 7) is 5.17. The first-order chi connectivity index (χ1) is 14.7. The molecule has 9 heteroatoms. The van der Waals surface area contributed by atoms with Gasteiger partial charge >= 0.3 is 6.18 Å². The predicted molar refractivity (Wildman–Crippen MR) is 116 cm³/mol. The van der Waals surface area contributed by atoms with Crippen LogP contribution in [0.2, 0.25) is 0 Å². The molecule has 1 heterocycles. The fourth-order valence-corrected chi connectivity index (χ4v) is 4.51. The summed E-state index contributed by atoms with van der Waals surface area (Å²) in [5.41, 5.74) is 0.680. The number of hydrogen-bond donors (Lipinski definition) is 0. The zero-order valence-corrected chi connectivity index (χ0v) is 18.2. The maximum atomic E-state index is 12.9. The van der Waals surface area contributed by atoms with E-state index in [9.17, 15) is 23.3 Å². The molecule has 2 aromatic rings. The van der Waals surface area contributed by atoms with E-state index in [4.69, 9.17) is 0 Å². The molecule has 1 aliphatic rings. The second kappa shape index (κ2) is 10.5. The zero-order chi connectivity index (χ0) is 22.4. The molecule has 0 amide bonds. The van der Waals surface area contributed by atoms with Crippen molar-refractivity contribution in [2.45, 2.75) is 29.7 Å². The van der Waals surface area contributed by atoms with Crippen LogP contribution in [0.1, 0.15) is 23.1 Å². The Morgan fingerprint density at radius 3 is 2.48 bits per heavy atom. The lowest BCUT2D eigenvalue weighted by molar-refractivity contribution is -0.387. The Kier molecular flexibility index (Phi) is 7.96. The first kappa shape index (κ1) is 23.6. The number of hydrogen-bond acceptors (Lipinski definition) is 5. The first-order valence-electron chi connectivity index (χ1n) is 10.2. The maximum absolute atomic E-state index is 12.9. The van der Waals surface area contributed by atoms with E-state index >= 15 is 0 Å². The Hall–Kier alpha value is -2.10. The molecule has 5 nitrogen and oxygen atoms in total. The van der Waals surface area contributed by atoms with Gasteiger partial charge in [0.1, 0.15) is 0 Å². The van der Waals surface area contributed by atoms with Crippen molar-refractivity contribution in [2.24, 2.45) is 0 Å². The van der Waals surface area contributed by atoms with E-state index in [0.29, 0.717) is 10.5 Å². The van der Waals surface area contributed by atoms with Gasteiger partial charge in [0.25, 0.3) is 5.69 Å². The lowest BCUT2D eigenvalue weighted by atomic mass is 10.1. The number of benzene rings is 2. The van der Waals surface area contributed by atoms with Crippen LogP contribution in [0.15, 0.2) is 47.4 Å². The van der Waals surface area contributed by atoms with Crippen LogP contribution in [0.3, 0.4) is 0 Å². The molecular formula is C22H26F3N3O2S. The molecule has 3 rings (SSSR count). The number of nitro groups is 1. The van der Waals surface area contributed by atoms with Gasteiger partial charge in [0.15, 0.2) is 0 Å². The third-order valence-electron chi connectivity index (χ3n) is 5.40. The molecule has 0 saturated carbocycles. The van der Waals surface area contributed by atoms with Gasteiger partial charge in [0.05, 0.1) is 15.4 Å². The smallest absolute Gasteiger partial charge is 0.304 e. The monoisotopic (exact) mass is 453 g/mol. The summed E-state index contributed by atoms with van der Waals surface area (Å²) in [6.07, 6.45) is -2.72. The first-order valence-corrected chi connectivity index (χ1v) is 11.2. The molecule has 0 atom stereocenters. The van der Waals surface area contributed by atoms with Crippen LogP contribution in [-0.4, -0.2) is 54.5 Å². The molecular weight excluding hydrogens is 427 g/mol. The Morgan fingerprint density at radius 2 is 1.81 bits per heavy atom. The van der Waals surface area contributed by atoms with E-state index in [1.807, 2.05) is 6.07 Å². The van der Waals surface area contributed by atoms with Crippen molar-refractivity contribution in [1.29, 1.82) is 0 Å². The molecule has 1 aliphatic heterocycles. The number of likely N-dealkylation sites (N-methyl/N-ethyl adjacent to an activating group) is 1. The van der Waals surface area contributed by atoms with Gasteiger partial charge in [-0.1, -0.05) is 24.3 Å². The molecule has 31 heavy (non-hydrogen) atoms. The molecule has 0 bridgehead atoms. The molecule has 168 valence electrons. The summed E-state index contributed by atoms with van der Waals surface area (Å²) in [7, 11) is 2.11. The summed E-state index contributed by atoms with van der Waals surface area (Å²) < 4.78 is 38.6. The molecule has 1 saturated heterocycles. The SMILES string of the molecule is CN1CCN(CCCc2ccc(SCc3cccc(C(F)(F)F)c3)c([N+](=O)[O-])c2)CC1. The molecule has 0 spiro atoms. The van der Waals surface area contributed by atoms with Crippen LogP contribution in [0.4, 0.5) is 18.9 Å². The third kappa shape index (κ3) is 6.95. The van der Waals surface area contributed by atoms with Crippen LogP contribution >= 0.6 is 11.8 Å². The minimum absolute atomic E-state index is 0.00840. The zero-order valence-electron chi connectivity index (χ0n) is 17.4. The Bertz CT molecular complexity index is 900. The lowest BCUT2D eigenvalue weighted by Gasteiger charge is -2.32. The highest BCUT2D eigenvalue weighted by Gasteiger charge is 2.30. The number of thioether (sulfide) groups is 1. The van der Waals surface area contributed by atoms with Crippen molar-refractivity contribution in [3.05, 3.63) is 69.3 Å². The average molecular weight is 454 g/mol. The Balaban J connectivity index is 1.59.